The van der Waals surface area contributed by atoms with Gasteiger partial charge in [0.1, 0.15) is 22.8 Å². The van der Waals surface area contributed by atoms with Gasteiger partial charge in [0.15, 0.2) is 5.65 Å². The zero-order valence-corrected chi connectivity index (χ0v) is 16.3. The monoisotopic (exact) mass is 412 g/mol. The van der Waals surface area contributed by atoms with Gasteiger partial charge in [-0.15, -0.1) is 10.2 Å². The average Bonchev–Trinajstić information content (AvgIpc) is 3.21. The van der Waals surface area contributed by atoms with Crippen LogP contribution in [0.2, 0.25) is 0 Å². The first-order chi connectivity index (χ1) is 14.0. The summed E-state index contributed by atoms with van der Waals surface area (Å²) in [5, 5.41) is 7.67. The molecule has 7 nitrogen and oxygen atoms in total. The number of methoxy groups -OCH3 is 1. The number of pyridine rings is 1. The van der Waals surface area contributed by atoms with E-state index in [0.717, 1.165) is 0 Å². The molecule has 0 aliphatic carbocycles. The molecule has 4 rings (SSSR count). The summed E-state index contributed by atoms with van der Waals surface area (Å²) in [6.45, 7) is 0.0369. The fourth-order valence-corrected chi connectivity index (χ4v) is 4.37. The molecule has 0 spiro atoms. The molecule has 0 atom stereocenters. The van der Waals surface area contributed by atoms with Crippen LogP contribution in [0.25, 0.3) is 5.65 Å². The van der Waals surface area contributed by atoms with E-state index >= 15 is 0 Å². The Hall–Kier alpha value is -3.46. The summed E-state index contributed by atoms with van der Waals surface area (Å²) in [4.78, 5) is 0.0859. The molecule has 0 fully saturated rings. The van der Waals surface area contributed by atoms with E-state index < -0.39 is 10.0 Å². The minimum Gasteiger partial charge on any atom is -0.497 e. The zero-order chi connectivity index (χ0) is 20.4. The predicted octanol–water partition coefficient (Wildman–Crippen LogP) is 3.27. The van der Waals surface area contributed by atoms with Gasteiger partial charge in [0.05, 0.1) is 19.3 Å². The van der Waals surface area contributed by atoms with Gasteiger partial charge in [-0.3, -0.25) is 8.71 Å². The molecule has 29 heavy (non-hydrogen) atoms. The fraction of sp³-hybridized carbons (Fsp3) is 0.100. The number of aromatic nitrogens is 3. The SMILES string of the molecule is COc1ccc(N(Cc2ccc(F)cc2)S(=O)(=O)c2ccc3nncn3c2)cc1. The normalized spacial score (nSPS) is 11.5. The van der Waals surface area contributed by atoms with Crippen molar-refractivity contribution in [3.63, 3.8) is 0 Å². The van der Waals surface area contributed by atoms with Crippen LogP contribution in [0.3, 0.4) is 0 Å². The Bertz CT molecular complexity index is 1240. The van der Waals surface area contributed by atoms with Crippen LogP contribution >= 0.6 is 0 Å². The molecule has 0 unspecified atom stereocenters. The van der Waals surface area contributed by atoms with Gasteiger partial charge in [-0.1, -0.05) is 12.1 Å². The van der Waals surface area contributed by atoms with E-state index in [2.05, 4.69) is 10.2 Å². The molecular formula is C20H17FN4O3S. The summed E-state index contributed by atoms with van der Waals surface area (Å²) in [5.74, 6) is 0.226. The molecule has 148 valence electrons. The molecular weight excluding hydrogens is 395 g/mol. The van der Waals surface area contributed by atoms with Crippen LogP contribution in [0.15, 0.2) is 78.1 Å². The van der Waals surface area contributed by atoms with E-state index in [0.29, 0.717) is 22.6 Å². The van der Waals surface area contributed by atoms with Gasteiger partial charge in [-0.05, 0) is 54.1 Å². The smallest absolute Gasteiger partial charge is 0.266 e. The first-order valence-electron chi connectivity index (χ1n) is 8.68. The molecule has 0 N–H and O–H groups in total. The molecule has 4 aromatic rings. The molecule has 0 saturated carbocycles. The highest BCUT2D eigenvalue weighted by Gasteiger charge is 2.26. The lowest BCUT2D eigenvalue weighted by Crippen LogP contribution is -2.30. The van der Waals surface area contributed by atoms with Gasteiger partial charge in [0.2, 0.25) is 0 Å². The maximum Gasteiger partial charge on any atom is 0.266 e. The molecule has 0 aliphatic heterocycles. The van der Waals surface area contributed by atoms with Crippen LogP contribution in [0.1, 0.15) is 5.56 Å². The second-order valence-corrected chi connectivity index (χ2v) is 8.16. The number of hydrogen-bond acceptors (Lipinski definition) is 5. The summed E-state index contributed by atoms with van der Waals surface area (Å²) >= 11 is 0. The number of fused-ring (bicyclic) bond motifs is 1. The van der Waals surface area contributed by atoms with Gasteiger partial charge in [0.25, 0.3) is 10.0 Å². The zero-order valence-electron chi connectivity index (χ0n) is 15.4. The Kier molecular flexibility index (Phi) is 4.89. The van der Waals surface area contributed by atoms with Gasteiger partial charge in [-0.2, -0.15) is 0 Å². The van der Waals surface area contributed by atoms with E-state index in [-0.39, 0.29) is 17.3 Å². The Labute approximate surface area is 167 Å². The largest absolute Gasteiger partial charge is 0.497 e. The Balaban J connectivity index is 1.79. The second kappa shape index (κ2) is 7.51. The maximum atomic E-state index is 13.5. The topological polar surface area (TPSA) is 76.8 Å². The molecule has 0 bridgehead atoms. The molecule has 2 aromatic heterocycles. The Morgan fingerprint density at radius 2 is 1.76 bits per heavy atom. The predicted molar refractivity (Wildman–Crippen MR) is 106 cm³/mol. The van der Waals surface area contributed by atoms with Crippen LogP contribution in [0.5, 0.6) is 5.75 Å². The van der Waals surface area contributed by atoms with Crippen molar-refractivity contribution in [1.82, 2.24) is 14.6 Å². The van der Waals surface area contributed by atoms with E-state index in [1.165, 1.54) is 46.5 Å². The van der Waals surface area contributed by atoms with Crippen LogP contribution in [0, 0.1) is 5.82 Å². The van der Waals surface area contributed by atoms with E-state index in [1.54, 1.807) is 42.5 Å². The summed E-state index contributed by atoms with van der Waals surface area (Å²) in [6, 6.07) is 15.5. The molecule has 0 aliphatic rings. The van der Waals surface area contributed by atoms with Gasteiger partial charge in [-0.25, -0.2) is 12.8 Å². The van der Waals surface area contributed by atoms with Crippen LogP contribution < -0.4 is 9.04 Å². The third kappa shape index (κ3) is 3.77. The molecule has 9 heteroatoms. The van der Waals surface area contributed by atoms with Crippen molar-refractivity contribution < 1.29 is 17.5 Å². The van der Waals surface area contributed by atoms with Crippen molar-refractivity contribution in [1.29, 1.82) is 0 Å². The number of halogens is 1. The number of anilines is 1. The Morgan fingerprint density at radius 3 is 2.45 bits per heavy atom. The Morgan fingerprint density at radius 1 is 1.03 bits per heavy atom. The quantitative estimate of drug-likeness (QED) is 0.486. The van der Waals surface area contributed by atoms with Crippen LogP contribution in [-0.4, -0.2) is 30.1 Å². The van der Waals surface area contributed by atoms with E-state index in [4.69, 9.17) is 4.74 Å². The lowest BCUT2D eigenvalue weighted by Gasteiger charge is -2.25. The third-order valence-corrected chi connectivity index (χ3v) is 6.21. The lowest BCUT2D eigenvalue weighted by atomic mass is 10.2. The van der Waals surface area contributed by atoms with Crippen molar-refractivity contribution in [3.8, 4) is 5.75 Å². The van der Waals surface area contributed by atoms with E-state index in [1.807, 2.05) is 0 Å². The van der Waals surface area contributed by atoms with Crippen LogP contribution in [-0.2, 0) is 16.6 Å². The van der Waals surface area contributed by atoms with E-state index in [9.17, 15) is 12.8 Å². The van der Waals surface area contributed by atoms with Gasteiger partial charge >= 0.3 is 0 Å². The highest BCUT2D eigenvalue weighted by atomic mass is 32.2. The summed E-state index contributed by atoms with van der Waals surface area (Å²) in [7, 11) is -2.39. The second-order valence-electron chi connectivity index (χ2n) is 6.30. The summed E-state index contributed by atoms with van der Waals surface area (Å²) in [5.41, 5.74) is 1.65. The number of hydrogen-bond donors (Lipinski definition) is 0. The molecule has 2 heterocycles. The minimum absolute atomic E-state index is 0.0369. The number of sulfonamides is 1. The number of benzene rings is 2. The van der Waals surface area contributed by atoms with Crippen molar-refractivity contribution >= 4 is 21.4 Å². The summed E-state index contributed by atoms with van der Waals surface area (Å²) < 4.78 is 48.2. The highest BCUT2D eigenvalue weighted by Crippen LogP contribution is 2.28. The average molecular weight is 412 g/mol. The number of ether oxygens (including phenoxy) is 1. The highest BCUT2D eigenvalue weighted by molar-refractivity contribution is 7.92. The van der Waals surface area contributed by atoms with Crippen molar-refractivity contribution in [2.24, 2.45) is 0 Å². The van der Waals surface area contributed by atoms with Gasteiger partial charge in [0, 0.05) is 6.20 Å². The molecule has 0 amide bonds. The number of rotatable bonds is 6. The van der Waals surface area contributed by atoms with Crippen molar-refractivity contribution in [2.45, 2.75) is 11.4 Å². The first-order valence-corrected chi connectivity index (χ1v) is 10.1. The number of nitrogens with zero attached hydrogens (tertiary/aromatic N) is 4. The van der Waals surface area contributed by atoms with Crippen LogP contribution in [0.4, 0.5) is 10.1 Å². The van der Waals surface area contributed by atoms with Crippen molar-refractivity contribution in [2.75, 3.05) is 11.4 Å². The fourth-order valence-electron chi connectivity index (χ4n) is 2.91. The molecule has 2 aromatic carbocycles. The first kappa shape index (κ1) is 18.9. The maximum absolute atomic E-state index is 13.5. The summed E-state index contributed by atoms with van der Waals surface area (Å²) in [6.07, 6.45) is 2.90. The molecule has 0 saturated heterocycles. The van der Waals surface area contributed by atoms with Gasteiger partial charge < -0.3 is 4.74 Å². The lowest BCUT2D eigenvalue weighted by molar-refractivity contribution is 0.415. The van der Waals surface area contributed by atoms with Crippen molar-refractivity contribution in [3.05, 3.63) is 84.6 Å². The molecule has 0 radical (unpaired) electrons. The minimum atomic E-state index is -3.93. The standard InChI is InChI=1S/C20H17FN4O3S/c1-28-18-8-6-17(7-9-18)25(12-15-2-4-16(21)5-3-15)29(26,27)19-10-11-20-23-22-14-24(20)13-19/h2-11,13-14H,12H2,1H3. The third-order valence-electron chi connectivity index (χ3n) is 4.45.